The number of amides is 2. The second-order valence-corrected chi connectivity index (χ2v) is 4.87. The molecule has 1 aliphatic heterocycles. The molecule has 2 N–H and O–H groups in total. The molecule has 1 aliphatic rings. The maximum atomic E-state index is 11.7. The van der Waals surface area contributed by atoms with Crippen LogP contribution in [0.3, 0.4) is 0 Å². The highest BCUT2D eigenvalue weighted by molar-refractivity contribution is 5.84. The lowest BCUT2D eigenvalue weighted by atomic mass is 10.2. The third-order valence-corrected chi connectivity index (χ3v) is 3.16. The zero-order chi connectivity index (χ0) is 13.4. The minimum Gasteiger partial charge on any atom is -0.391 e. The number of aliphatic hydroxyl groups is 1. The quantitative estimate of drug-likeness (QED) is 0.733. The van der Waals surface area contributed by atoms with E-state index >= 15 is 0 Å². The minimum atomic E-state index is -0.487. The highest BCUT2D eigenvalue weighted by Gasteiger charge is 2.19. The number of hydrogen-bond acceptors (Lipinski definition) is 3. The van der Waals surface area contributed by atoms with Gasteiger partial charge in [0.2, 0.25) is 11.8 Å². The van der Waals surface area contributed by atoms with Crippen LogP contribution in [0.5, 0.6) is 0 Å². The van der Waals surface area contributed by atoms with Crippen LogP contribution in [-0.2, 0) is 9.59 Å². The van der Waals surface area contributed by atoms with Crippen LogP contribution in [0.25, 0.3) is 0 Å². The average molecular weight is 256 g/mol. The fraction of sp³-hybridized carbons (Fsp3) is 0.846. The van der Waals surface area contributed by atoms with E-state index in [4.69, 9.17) is 0 Å². The number of likely N-dealkylation sites (tertiary alicyclic amines) is 1. The minimum absolute atomic E-state index is 0.0664. The van der Waals surface area contributed by atoms with E-state index in [-0.39, 0.29) is 24.9 Å². The van der Waals surface area contributed by atoms with Gasteiger partial charge in [-0.25, -0.2) is 0 Å². The summed E-state index contributed by atoms with van der Waals surface area (Å²) in [6.07, 6.45) is 4.58. The van der Waals surface area contributed by atoms with E-state index in [0.717, 1.165) is 25.7 Å². The number of nitrogens with zero attached hydrogens (tertiary/aromatic N) is 1. The van der Waals surface area contributed by atoms with Gasteiger partial charge in [-0.2, -0.15) is 0 Å². The molecule has 0 spiro atoms. The van der Waals surface area contributed by atoms with Crippen molar-refractivity contribution in [1.29, 1.82) is 0 Å². The Bertz CT molecular complexity index is 281. The van der Waals surface area contributed by atoms with Crippen molar-refractivity contribution >= 4 is 11.8 Å². The lowest BCUT2D eigenvalue weighted by Gasteiger charge is -2.20. The normalized spacial score (nSPS) is 18.3. The summed E-state index contributed by atoms with van der Waals surface area (Å²) in [5, 5.41) is 12.2. The van der Waals surface area contributed by atoms with E-state index in [1.807, 2.05) is 6.92 Å². The monoisotopic (exact) mass is 256 g/mol. The first-order chi connectivity index (χ1) is 8.63. The Morgan fingerprint density at radius 2 is 2.22 bits per heavy atom. The number of nitrogens with one attached hydrogen (secondary N) is 1. The van der Waals surface area contributed by atoms with Crippen LogP contribution in [0, 0.1) is 0 Å². The third-order valence-electron chi connectivity index (χ3n) is 3.16. The number of aliphatic hydroxyl groups excluding tert-OH is 1. The van der Waals surface area contributed by atoms with Gasteiger partial charge in [-0.05, 0) is 19.3 Å². The summed E-state index contributed by atoms with van der Waals surface area (Å²) >= 11 is 0. The Labute approximate surface area is 109 Å². The van der Waals surface area contributed by atoms with Gasteiger partial charge in [0.15, 0.2) is 0 Å². The summed E-state index contributed by atoms with van der Waals surface area (Å²) in [6.45, 7) is 3.05. The fourth-order valence-corrected chi connectivity index (χ4v) is 2.10. The predicted octanol–water partition coefficient (Wildman–Crippen LogP) is 0.666. The molecule has 1 atom stereocenters. The lowest BCUT2D eigenvalue weighted by molar-refractivity contribution is -0.135. The summed E-state index contributed by atoms with van der Waals surface area (Å²) in [4.78, 5) is 25.0. The molecule has 18 heavy (non-hydrogen) atoms. The average Bonchev–Trinajstić information content (AvgIpc) is 2.53. The molecule has 0 saturated carbocycles. The van der Waals surface area contributed by atoms with E-state index in [0.29, 0.717) is 19.4 Å². The fourth-order valence-electron chi connectivity index (χ4n) is 2.10. The number of hydrogen-bond donors (Lipinski definition) is 2. The Morgan fingerprint density at radius 1 is 1.44 bits per heavy atom. The maximum Gasteiger partial charge on any atom is 0.239 e. The van der Waals surface area contributed by atoms with Crippen molar-refractivity contribution in [2.24, 2.45) is 0 Å². The van der Waals surface area contributed by atoms with Gasteiger partial charge in [0.1, 0.15) is 0 Å². The maximum absolute atomic E-state index is 11.7. The van der Waals surface area contributed by atoms with Crippen molar-refractivity contribution in [3.63, 3.8) is 0 Å². The molecule has 0 radical (unpaired) electrons. The molecule has 1 rings (SSSR count). The Kier molecular flexibility index (Phi) is 6.72. The third kappa shape index (κ3) is 5.49. The Hall–Kier alpha value is -1.10. The molecule has 0 aromatic heterocycles. The molecule has 5 heteroatoms. The van der Waals surface area contributed by atoms with E-state index in [2.05, 4.69) is 5.32 Å². The summed E-state index contributed by atoms with van der Waals surface area (Å²) in [5.74, 6) is -0.114. The van der Waals surface area contributed by atoms with Gasteiger partial charge in [-0.3, -0.25) is 9.59 Å². The van der Waals surface area contributed by atoms with Crippen molar-refractivity contribution in [1.82, 2.24) is 10.2 Å². The molecular formula is C13H24N2O3. The molecule has 5 nitrogen and oxygen atoms in total. The summed E-state index contributed by atoms with van der Waals surface area (Å²) in [6, 6.07) is 0. The SMILES string of the molecule is CCCC(O)CNC(=O)CN1CCCCCC1=O. The van der Waals surface area contributed by atoms with Crippen LogP contribution in [0.4, 0.5) is 0 Å². The van der Waals surface area contributed by atoms with Crippen molar-refractivity contribution in [3.05, 3.63) is 0 Å². The molecule has 0 bridgehead atoms. The van der Waals surface area contributed by atoms with Gasteiger partial charge in [-0.1, -0.05) is 19.8 Å². The first-order valence-corrected chi connectivity index (χ1v) is 6.86. The number of carbonyl (C=O) groups is 2. The highest BCUT2D eigenvalue weighted by Crippen LogP contribution is 2.10. The van der Waals surface area contributed by atoms with Crippen LogP contribution >= 0.6 is 0 Å². The Balaban J connectivity index is 2.27. The molecular weight excluding hydrogens is 232 g/mol. The van der Waals surface area contributed by atoms with E-state index in [1.165, 1.54) is 0 Å². The molecule has 1 unspecified atom stereocenters. The highest BCUT2D eigenvalue weighted by atomic mass is 16.3. The van der Waals surface area contributed by atoms with Gasteiger partial charge in [0, 0.05) is 19.5 Å². The van der Waals surface area contributed by atoms with E-state index in [9.17, 15) is 14.7 Å². The first kappa shape index (κ1) is 15.0. The second kappa shape index (κ2) is 8.08. The van der Waals surface area contributed by atoms with Gasteiger partial charge in [-0.15, -0.1) is 0 Å². The van der Waals surface area contributed by atoms with Crippen LogP contribution < -0.4 is 5.32 Å². The van der Waals surface area contributed by atoms with Crippen LogP contribution in [0.2, 0.25) is 0 Å². The topological polar surface area (TPSA) is 69.6 Å². The smallest absolute Gasteiger partial charge is 0.239 e. The molecule has 104 valence electrons. The zero-order valence-corrected chi connectivity index (χ0v) is 11.2. The van der Waals surface area contributed by atoms with Crippen molar-refractivity contribution < 1.29 is 14.7 Å². The molecule has 0 aromatic rings. The first-order valence-electron chi connectivity index (χ1n) is 6.86. The molecule has 1 fully saturated rings. The zero-order valence-electron chi connectivity index (χ0n) is 11.2. The van der Waals surface area contributed by atoms with Crippen LogP contribution in [0.1, 0.15) is 45.4 Å². The van der Waals surface area contributed by atoms with Crippen LogP contribution in [-0.4, -0.2) is 47.6 Å². The van der Waals surface area contributed by atoms with Crippen molar-refractivity contribution in [2.75, 3.05) is 19.6 Å². The molecule has 1 saturated heterocycles. The molecule has 1 heterocycles. The molecule has 0 aliphatic carbocycles. The van der Waals surface area contributed by atoms with Gasteiger partial charge >= 0.3 is 0 Å². The van der Waals surface area contributed by atoms with E-state index < -0.39 is 6.10 Å². The lowest BCUT2D eigenvalue weighted by Crippen LogP contribution is -2.42. The van der Waals surface area contributed by atoms with Gasteiger partial charge < -0.3 is 15.3 Å². The Morgan fingerprint density at radius 3 is 2.94 bits per heavy atom. The summed E-state index contributed by atoms with van der Waals surface area (Å²) in [7, 11) is 0. The van der Waals surface area contributed by atoms with Crippen molar-refractivity contribution in [3.8, 4) is 0 Å². The summed E-state index contributed by atoms with van der Waals surface area (Å²) in [5.41, 5.74) is 0. The van der Waals surface area contributed by atoms with Gasteiger partial charge in [0.05, 0.1) is 12.6 Å². The standard InChI is InChI=1S/C13H24N2O3/c1-2-6-11(16)9-14-12(17)10-15-8-5-3-4-7-13(15)18/h11,16H,2-10H2,1H3,(H,14,17). The molecule has 0 aromatic carbocycles. The number of rotatable bonds is 6. The number of carbonyl (C=O) groups excluding carboxylic acids is 2. The van der Waals surface area contributed by atoms with Gasteiger partial charge in [0.25, 0.3) is 0 Å². The second-order valence-electron chi connectivity index (χ2n) is 4.87. The van der Waals surface area contributed by atoms with Crippen molar-refractivity contribution in [2.45, 2.75) is 51.6 Å². The summed E-state index contributed by atoms with van der Waals surface area (Å²) < 4.78 is 0. The van der Waals surface area contributed by atoms with E-state index in [1.54, 1.807) is 4.90 Å². The predicted molar refractivity (Wildman–Crippen MR) is 69.0 cm³/mol. The largest absolute Gasteiger partial charge is 0.391 e. The van der Waals surface area contributed by atoms with Crippen LogP contribution in [0.15, 0.2) is 0 Å². The molecule has 2 amide bonds.